The first-order chi connectivity index (χ1) is 9.49. The molecule has 2 aromatic rings. The largest absolute Gasteiger partial charge is 0.478 e. The third kappa shape index (κ3) is 3.05. The van der Waals surface area contributed by atoms with Gasteiger partial charge in [-0.1, -0.05) is 29.8 Å². The Kier molecular flexibility index (Phi) is 4.20. The van der Waals surface area contributed by atoms with Crippen molar-refractivity contribution in [2.75, 3.05) is 0 Å². The van der Waals surface area contributed by atoms with Crippen LogP contribution < -0.4 is 5.32 Å². The fourth-order valence-electron chi connectivity index (χ4n) is 2.16. The van der Waals surface area contributed by atoms with E-state index in [0.29, 0.717) is 12.2 Å². The lowest BCUT2D eigenvalue weighted by Crippen LogP contribution is -2.21. The van der Waals surface area contributed by atoms with Crippen LogP contribution in [0.25, 0.3) is 0 Å². The molecular formula is C15H19N3O2. The normalized spacial score (nSPS) is 12.3. The molecule has 0 aliphatic carbocycles. The van der Waals surface area contributed by atoms with Gasteiger partial charge in [-0.15, -0.1) is 0 Å². The van der Waals surface area contributed by atoms with Gasteiger partial charge in [0.05, 0.1) is 11.9 Å². The molecule has 0 unspecified atom stereocenters. The van der Waals surface area contributed by atoms with Crippen molar-refractivity contribution in [2.24, 2.45) is 7.05 Å². The maximum Gasteiger partial charge on any atom is 0.339 e. The Morgan fingerprint density at radius 3 is 2.90 bits per heavy atom. The number of aromatic carboxylic acids is 1. The number of aromatic nitrogens is 2. The minimum atomic E-state index is -0.946. The molecule has 0 amide bonds. The first-order valence-corrected chi connectivity index (χ1v) is 6.53. The topological polar surface area (TPSA) is 67.2 Å². The highest BCUT2D eigenvalue weighted by atomic mass is 16.4. The average molecular weight is 273 g/mol. The van der Waals surface area contributed by atoms with E-state index < -0.39 is 5.97 Å². The molecule has 5 nitrogen and oxygen atoms in total. The second-order valence-electron chi connectivity index (χ2n) is 4.95. The zero-order valence-corrected chi connectivity index (χ0v) is 11.9. The van der Waals surface area contributed by atoms with E-state index in [1.165, 1.54) is 17.3 Å². The number of carbonyl (C=O) groups is 1. The number of nitrogens with one attached hydrogen (secondary N) is 1. The summed E-state index contributed by atoms with van der Waals surface area (Å²) >= 11 is 0. The number of hydrogen-bond donors (Lipinski definition) is 2. The van der Waals surface area contributed by atoms with Crippen molar-refractivity contribution in [2.45, 2.75) is 26.4 Å². The molecule has 0 saturated carbocycles. The van der Waals surface area contributed by atoms with Crippen molar-refractivity contribution < 1.29 is 9.90 Å². The Labute approximate surface area is 118 Å². The molecule has 1 heterocycles. The molecule has 5 heteroatoms. The van der Waals surface area contributed by atoms with Crippen molar-refractivity contribution in [1.82, 2.24) is 15.1 Å². The van der Waals surface area contributed by atoms with Crippen molar-refractivity contribution >= 4 is 5.97 Å². The summed E-state index contributed by atoms with van der Waals surface area (Å²) in [6, 6.07) is 8.41. The zero-order chi connectivity index (χ0) is 14.7. The van der Waals surface area contributed by atoms with Crippen molar-refractivity contribution in [3.63, 3.8) is 0 Å². The molecule has 1 aromatic heterocycles. The molecule has 0 bridgehead atoms. The molecule has 2 N–H and O–H groups in total. The Balaban J connectivity index is 2.09. The van der Waals surface area contributed by atoms with E-state index in [0.717, 1.165) is 0 Å². The highest BCUT2D eigenvalue weighted by Gasteiger charge is 2.15. The van der Waals surface area contributed by atoms with Crippen molar-refractivity contribution in [1.29, 1.82) is 0 Å². The SMILES string of the molecule is Cc1cccc([C@@H](C)NCc2c(C(=O)O)cnn2C)c1. The summed E-state index contributed by atoms with van der Waals surface area (Å²) in [5.74, 6) is -0.946. The van der Waals surface area contributed by atoms with Gasteiger partial charge in [-0.3, -0.25) is 4.68 Å². The van der Waals surface area contributed by atoms with Gasteiger partial charge in [-0.25, -0.2) is 4.79 Å². The number of nitrogens with zero attached hydrogens (tertiary/aromatic N) is 2. The van der Waals surface area contributed by atoms with Gasteiger partial charge in [-0.05, 0) is 19.4 Å². The van der Waals surface area contributed by atoms with Gasteiger partial charge in [0.1, 0.15) is 5.56 Å². The van der Waals surface area contributed by atoms with Crippen LogP contribution in [0.1, 0.15) is 40.1 Å². The highest BCUT2D eigenvalue weighted by molar-refractivity contribution is 5.88. The average Bonchev–Trinajstić information content (AvgIpc) is 2.77. The van der Waals surface area contributed by atoms with E-state index in [1.807, 2.05) is 6.07 Å². The second kappa shape index (κ2) is 5.88. The smallest absolute Gasteiger partial charge is 0.339 e. The van der Waals surface area contributed by atoms with Crippen LogP contribution in [0.2, 0.25) is 0 Å². The lowest BCUT2D eigenvalue weighted by Gasteiger charge is -2.15. The van der Waals surface area contributed by atoms with E-state index in [2.05, 4.69) is 42.5 Å². The summed E-state index contributed by atoms with van der Waals surface area (Å²) in [4.78, 5) is 11.1. The van der Waals surface area contributed by atoms with Crippen LogP contribution in [0.4, 0.5) is 0 Å². The fourth-order valence-corrected chi connectivity index (χ4v) is 2.16. The molecule has 0 aliphatic rings. The summed E-state index contributed by atoms with van der Waals surface area (Å²) in [6.45, 7) is 4.58. The van der Waals surface area contributed by atoms with Gasteiger partial charge in [-0.2, -0.15) is 5.10 Å². The molecule has 2 rings (SSSR count). The molecule has 1 aromatic carbocycles. The molecule has 0 fully saturated rings. The first kappa shape index (κ1) is 14.3. The van der Waals surface area contributed by atoms with Gasteiger partial charge in [0.15, 0.2) is 0 Å². The van der Waals surface area contributed by atoms with Crippen LogP contribution in [0.5, 0.6) is 0 Å². The van der Waals surface area contributed by atoms with E-state index in [-0.39, 0.29) is 11.6 Å². The molecular weight excluding hydrogens is 254 g/mol. The minimum Gasteiger partial charge on any atom is -0.478 e. The van der Waals surface area contributed by atoms with E-state index in [4.69, 9.17) is 5.11 Å². The zero-order valence-electron chi connectivity index (χ0n) is 11.9. The number of aryl methyl sites for hydroxylation is 2. The van der Waals surface area contributed by atoms with Gasteiger partial charge in [0.2, 0.25) is 0 Å². The summed E-state index contributed by atoms with van der Waals surface area (Å²) in [6.07, 6.45) is 1.39. The Morgan fingerprint density at radius 1 is 1.50 bits per heavy atom. The number of carboxylic acids is 1. The third-order valence-corrected chi connectivity index (χ3v) is 3.41. The van der Waals surface area contributed by atoms with Crippen LogP contribution >= 0.6 is 0 Å². The molecule has 0 spiro atoms. The number of carboxylic acid groups (broad SMARTS) is 1. The summed E-state index contributed by atoms with van der Waals surface area (Å²) < 4.78 is 1.60. The van der Waals surface area contributed by atoms with E-state index >= 15 is 0 Å². The first-order valence-electron chi connectivity index (χ1n) is 6.53. The molecule has 0 radical (unpaired) electrons. The lowest BCUT2D eigenvalue weighted by atomic mass is 10.1. The standard InChI is InChI=1S/C15H19N3O2/c1-10-5-4-6-12(7-10)11(2)16-9-14-13(15(19)20)8-17-18(14)3/h4-8,11,16H,9H2,1-3H3,(H,19,20)/t11-/m1/s1. The number of rotatable bonds is 5. The van der Waals surface area contributed by atoms with Crippen LogP contribution in [0.15, 0.2) is 30.5 Å². The highest BCUT2D eigenvalue weighted by Crippen LogP contribution is 2.15. The predicted octanol–water partition coefficient (Wildman–Crippen LogP) is 2.28. The number of benzene rings is 1. The summed E-state index contributed by atoms with van der Waals surface area (Å²) in [5.41, 5.74) is 3.32. The third-order valence-electron chi connectivity index (χ3n) is 3.41. The van der Waals surface area contributed by atoms with Crippen LogP contribution in [-0.2, 0) is 13.6 Å². The Hall–Kier alpha value is -2.14. The second-order valence-corrected chi connectivity index (χ2v) is 4.95. The van der Waals surface area contributed by atoms with Gasteiger partial charge in [0.25, 0.3) is 0 Å². The van der Waals surface area contributed by atoms with Gasteiger partial charge >= 0.3 is 5.97 Å². The molecule has 0 aliphatic heterocycles. The molecule has 20 heavy (non-hydrogen) atoms. The molecule has 106 valence electrons. The predicted molar refractivity (Wildman–Crippen MR) is 76.6 cm³/mol. The monoisotopic (exact) mass is 273 g/mol. The van der Waals surface area contributed by atoms with Crippen LogP contribution in [-0.4, -0.2) is 20.9 Å². The van der Waals surface area contributed by atoms with Crippen LogP contribution in [0, 0.1) is 6.92 Å². The Morgan fingerprint density at radius 2 is 2.25 bits per heavy atom. The van der Waals surface area contributed by atoms with E-state index in [9.17, 15) is 4.79 Å². The summed E-state index contributed by atoms with van der Waals surface area (Å²) in [5, 5.41) is 16.5. The van der Waals surface area contributed by atoms with Gasteiger partial charge < -0.3 is 10.4 Å². The number of hydrogen-bond acceptors (Lipinski definition) is 3. The maximum atomic E-state index is 11.1. The van der Waals surface area contributed by atoms with Gasteiger partial charge in [0, 0.05) is 19.6 Å². The molecule has 0 saturated heterocycles. The van der Waals surface area contributed by atoms with Crippen molar-refractivity contribution in [3.8, 4) is 0 Å². The quantitative estimate of drug-likeness (QED) is 0.877. The Bertz CT molecular complexity index is 619. The van der Waals surface area contributed by atoms with Crippen molar-refractivity contribution in [3.05, 3.63) is 52.8 Å². The fraction of sp³-hybridized carbons (Fsp3) is 0.333. The van der Waals surface area contributed by atoms with Crippen LogP contribution in [0.3, 0.4) is 0 Å². The lowest BCUT2D eigenvalue weighted by molar-refractivity contribution is 0.0695. The molecule has 1 atom stereocenters. The van der Waals surface area contributed by atoms with E-state index in [1.54, 1.807) is 11.7 Å². The summed E-state index contributed by atoms with van der Waals surface area (Å²) in [7, 11) is 1.75. The maximum absolute atomic E-state index is 11.1. The minimum absolute atomic E-state index is 0.145.